The average Bonchev–Trinajstić information content (AvgIpc) is 2.59. The molecule has 34 heavy (non-hydrogen) atoms. The molecule has 0 aliphatic heterocycles. The fraction of sp³-hybridized carbons (Fsp3) is 1.00. The minimum Gasteiger partial charge on any atom is -0.323 e. The lowest BCUT2D eigenvalue weighted by Crippen LogP contribution is -2.75. The van der Waals surface area contributed by atoms with Crippen LogP contribution in [0.3, 0.4) is 0 Å². The van der Waals surface area contributed by atoms with Crippen molar-refractivity contribution >= 4 is 10.1 Å². The molecule has 2 N–H and O–H groups in total. The minimum absolute atomic E-state index is 0.726. The normalized spacial score (nSPS) is 16.6. The lowest BCUT2D eigenvalue weighted by atomic mass is 9.88. The Morgan fingerprint density at radius 3 is 1.00 bits per heavy atom. The molecule has 0 bridgehead atoms. The highest BCUT2D eigenvalue weighted by molar-refractivity contribution is 7.87. The van der Waals surface area contributed by atoms with Crippen LogP contribution in [0.2, 0.25) is 0 Å². The SMILES string of the molecule is CC(F)C(F)(F)C(F)(F)C(F)(F)C(F)(F)C(F)(F)C(F)(F)C(F)(F)C(F)(F)S(=O)(=O)O.CNC. The summed E-state index contributed by atoms with van der Waals surface area (Å²) in [4.78, 5) is 0. The topological polar surface area (TPSA) is 66.4 Å². The highest BCUT2D eigenvalue weighted by Crippen LogP contribution is 2.64. The Hall–Kier alpha value is -1.32. The Morgan fingerprint density at radius 2 is 0.794 bits per heavy atom. The molecule has 0 saturated heterocycles. The van der Waals surface area contributed by atoms with Gasteiger partial charge in [-0.3, -0.25) is 4.55 Å². The summed E-state index contributed by atoms with van der Waals surface area (Å²) in [5.41, 5.74) is 0. The van der Waals surface area contributed by atoms with Gasteiger partial charge in [-0.05, 0) is 21.0 Å². The maximum Gasteiger partial charge on any atom is 0.438 e. The average molecular weight is 573 g/mol. The molecule has 1 unspecified atom stereocenters. The van der Waals surface area contributed by atoms with Crippen LogP contribution in [0.5, 0.6) is 0 Å². The van der Waals surface area contributed by atoms with Crippen LogP contribution < -0.4 is 5.32 Å². The summed E-state index contributed by atoms with van der Waals surface area (Å²) in [6.45, 7) is -0.726. The van der Waals surface area contributed by atoms with Gasteiger partial charge in [0.05, 0.1) is 0 Å². The van der Waals surface area contributed by atoms with E-state index in [2.05, 4.69) is 5.32 Å². The standard InChI is InChI=1S/C10H5F17O3S.C2H7N/c1-2(11)3(12,13)4(14,15)5(16,17)6(18,19)7(20,21)8(22,23)9(24,25)10(26,27)31(28,29)30;1-3-2/h2H,1H3,(H,28,29,30);3H,1-2H3. The maximum absolute atomic E-state index is 13.3. The van der Waals surface area contributed by atoms with Crippen LogP contribution in [0.1, 0.15) is 6.92 Å². The van der Waals surface area contributed by atoms with E-state index in [1.54, 1.807) is 0 Å². The first kappa shape index (κ1) is 34.8. The zero-order chi connectivity index (χ0) is 28.8. The van der Waals surface area contributed by atoms with Gasteiger partial charge < -0.3 is 5.32 Å². The first-order chi connectivity index (χ1) is 14.4. The predicted molar refractivity (Wildman–Crippen MR) is 76.7 cm³/mol. The summed E-state index contributed by atoms with van der Waals surface area (Å²) in [5, 5.41) is -5.09. The first-order valence-corrected chi connectivity index (χ1v) is 9.02. The summed E-state index contributed by atoms with van der Waals surface area (Å²) in [6.07, 6.45) is -4.58. The van der Waals surface area contributed by atoms with E-state index in [4.69, 9.17) is 4.55 Å². The van der Waals surface area contributed by atoms with Crippen LogP contribution in [0.15, 0.2) is 0 Å². The van der Waals surface area contributed by atoms with Gasteiger partial charge in [-0.15, -0.1) is 0 Å². The van der Waals surface area contributed by atoms with E-state index in [9.17, 15) is 83.1 Å². The van der Waals surface area contributed by atoms with Gasteiger partial charge in [-0.1, -0.05) is 0 Å². The summed E-state index contributed by atoms with van der Waals surface area (Å²) in [5.74, 6) is -58.5. The van der Waals surface area contributed by atoms with Crippen molar-refractivity contribution in [3.8, 4) is 0 Å². The Bertz CT molecular complexity index is 809. The van der Waals surface area contributed by atoms with E-state index in [-0.39, 0.29) is 0 Å². The third-order valence-corrected chi connectivity index (χ3v) is 4.48. The molecule has 22 heteroatoms. The molecule has 0 amide bonds. The molecule has 208 valence electrons. The van der Waals surface area contributed by atoms with Gasteiger partial charge in [0.1, 0.15) is 0 Å². The Labute approximate surface area is 178 Å². The number of alkyl halides is 17. The molecule has 0 spiro atoms. The van der Waals surface area contributed by atoms with Crippen molar-refractivity contribution in [2.45, 2.75) is 59.8 Å². The molecule has 0 heterocycles. The zero-order valence-corrected chi connectivity index (χ0v) is 17.0. The Balaban J connectivity index is 0. The second-order valence-corrected chi connectivity index (χ2v) is 7.64. The van der Waals surface area contributed by atoms with Gasteiger partial charge in [0.25, 0.3) is 0 Å². The van der Waals surface area contributed by atoms with Crippen molar-refractivity contribution in [3.05, 3.63) is 0 Å². The fourth-order valence-electron chi connectivity index (χ4n) is 1.59. The van der Waals surface area contributed by atoms with Crippen molar-refractivity contribution < 1.29 is 87.6 Å². The van der Waals surface area contributed by atoms with Gasteiger partial charge in [-0.25, -0.2) is 4.39 Å². The van der Waals surface area contributed by atoms with Crippen molar-refractivity contribution in [2.24, 2.45) is 0 Å². The molecule has 0 saturated carbocycles. The monoisotopic (exact) mass is 573 g/mol. The largest absolute Gasteiger partial charge is 0.438 e. The van der Waals surface area contributed by atoms with Crippen molar-refractivity contribution in [1.29, 1.82) is 0 Å². The van der Waals surface area contributed by atoms with Crippen LogP contribution in [0.4, 0.5) is 74.6 Å². The lowest BCUT2D eigenvalue weighted by molar-refractivity contribution is -0.451. The minimum atomic E-state index is -8.86. The van der Waals surface area contributed by atoms with Crippen molar-refractivity contribution in [1.82, 2.24) is 5.32 Å². The molecule has 0 aromatic carbocycles. The van der Waals surface area contributed by atoms with Gasteiger partial charge in [-0.2, -0.15) is 78.7 Å². The number of rotatable bonds is 9. The van der Waals surface area contributed by atoms with E-state index >= 15 is 0 Å². The van der Waals surface area contributed by atoms with Crippen molar-refractivity contribution in [2.75, 3.05) is 14.1 Å². The number of nitrogens with one attached hydrogen (secondary N) is 1. The third-order valence-electron chi connectivity index (χ3n) is 3.58. The summed E-state index contributed by atoms with van der Waals surface area (Å²) < 4.78 is 250. The Kier molecular flexibility index (Phi) is 9.51. The highest BCUT2D eigenvalue weighted by Gasteiger charge is 2.96. The highest BCUT2D eigenvalue weighted by atomic mass is 32.2. The first-order valence-electron chi connectivity index (χ1n) is 7.58. The van der Waals surface area contributed by atoms with E-state index in [0.29, 0.717) is 0 Å². The van der Waals surface area contributed by atoms with E-state index < -0.39 is 69.9 Å². The van der Waals surface area contributed by atoms with Crippen LogP contribution in [0.25, 0.3) is 0 Å². The smallest absolute Gasteiger partial charge is 0.323 e. The lowest BCUT2D eigenvalue weighted by Gasteiger charge is -2.43. The Morgan fingerprint density at radius 1 is 0.588 bits per heavy atom. The van der Waals surface area contributed by atoms with E-state index in [0.717, 1.165) is 0 Å². The molecule has 0 aliphatic carbocycles. The van der Waals surface area contributed by atoms with Gasteiger partial charge in [0.15, 0.2) is 6.17 Å². The van der Waals surface area contributed by atoms with Gasteiger partial charge in [0.2, 0.25) is 0 Å². The summed E-state index contributed by atoms with van der Waals surface area (Å²) in [6, 6.07) is 0. The van der Waals surface area contributed by atoms with Gasteiger partial charge in [0, 0.05) is 0 Å². The molecule has 0 fully saturated rings. The van der Waals surface area contributed by atoms with Crippen molar-refractivity contribution in [3.63, 3.8) is 0 Å². The zero-order valence-electron chi connectivity index (χ0n) is 16.2. The fourth-order valence-corrected chi connectivity index (χ4v) is 2.04. The van der Waals surface area contributed by atoms with Crippen LogP contribution in [-0.4, -0.2) is 79.9 Å². The second kappa shape index (κ2) is 9.28. The summed E-state index contributed by atoms with van der Waals surface area (Å²) >= 11 is 0. The van der Waals surface area contributed by atoms with E-state index in [1.165, 1.54) is 0 Å². The maximum atomic E-state index is 13.3. The summed E-state index contributed by atoms with van der Waals surface area (Å²) in [7, 11) is -4.14. The predicted octanol–water partition coefficient (Wildman–Crippen LogP) is 5.11. The van der Waals surface area contributed by atoms with Gasteiger partial charge >= 0.3 is 56.8 Å². The quantitative estimate of drug-likeness (QED) is 0.298. The molecule has 1 atom stereocenters. The molecule has 0 aliphatic rings. The molecule has 0 aromatic rings. The third kappa shape index (κ3) is 4.60. The number of halogens is 17. The van der Waals surface area contributed by atoms with Crippen LogP contribution in [-0.2, 0) is 10.1 Å². The molecule has 4 nitrogen and oxygen atoms in total. The molecule has 0 aromatic heterocycles. The second-order valence-electron chi connectivity index (χ2n) is 6.18. The van der Waals surface area contributed by atoms with Crippen LogP contribution in [0, 0.1) is 0 Å². The molecule has 0 radical (unpaired) electrons. The van der Waals surface area contributed by atoms with E-state index in [1.807, 2.05) is 14.1 Å². The molecular weight excluding hydrogens is 561 g/mol. The number of hydrogen-bond donors (Lipinski definition) is 2. The number of hydrogen-bond acceptors (Lipinski definition) is 3. The molecular formula is C12H12F17NO3S. The van der Waals surface area contributed by atoms with Crippen LogP contribution >= 0.6 is 0 Å². The molecule has 0 rings (SSSR count).